The van der Waals surface area contributed by atoms with Gasteiger partial charge in [-0.25, -0.2) is 0 Å². The van der Waals surface area contributed by atoms with Gasteiger partial charge in [0.05, 0.1) is 5.69 Å². The number of carbonyl (C=O) groups is 2. The second-order valence-electron chi connectivity index (χ2n) is 5.24. The minimum atomic E-state index is -2.56. The van der Waals surface area contributed by atoms with Crippen LogP contribution in [-0.2, 0) is 4.79 Å². The third-order valence-corrected chi connectivity index (χ3v) is 4.19. The van der Waals surface area contributed by atoms with E-state index >= 15 is 0 Å². The SMILES string of the molecule is Cc1ccccc1C(=O)NCCC(=O)Nc1ccccc1SC(F)F. The maximum Gasteiger partial charge on any atom is 0.288 e. The van der Waals surface area contributed by atoms with Gasteiger partial charge in [-0.3, -0.25) is 9.59 Å². The first-order valence-electron chi connectivity index (χ1n) is 7.65. The van der Waals surface area contributed by atoms with Crippen molar-refractivity contribution in [2.24, 2.45) is 0 Å². The minimum absolute atomic E-state index is 0.0469. The third kappa shape index (κ3) is 5.86. The highest BCUT2D eigenvalue weighted by atomic mass is 32.2. The number of nitrogens with one attached hydrogen (secondary N) is 2. The zero-order chi connectivity index (χ0) is 18.2. The quantitative estimate of drug-likeness (QED) is 0.728. The number of rotatable bonds is 7. The number of amides is 2. The number of aryl methyl sites for hydroxylation is 1. The first kappa shape index (κ1) is 18.9. The molecule has 0 radical (unpaired) electrons. The molecule has 0 aromatic heterocycles. The van der Waals surface area contributed by atoms with Gasteiger partial charge in [-0.15, -0.1) is 0 Å². The maximum absolute atomic E-state index is 12.5. The van der Waals surface area contributed by atoms with Crippen LogP contribution in [0.15, 0.2) is 53.4 Å². The van der Waals surface area contributed by atoms with Gasteiger partial charge in [-0.2, -0.15) is 8.78 Å². The minimum Gasteiger partial charge on any atom is -0.352 e. The van der Waals surface area contributed by atoms with Crippen molar-refractivity contribution in [3.05, 3.63) is 59.7 Å². The normalized spacial score (nSPS) is 10.6. The molecule has 0 bridgehead atoms. The molecule has 0 fully saturated rings. The Bertz CT molecular complexity index is 753. The molecule has 0 aliphatic carbocycles. The van der Waals surface area contributed by atoms with E-state index in [1.54, 1.807) is 30.3 Å². The summed E-state index contributed by atoms with van der Waals surface area (Å²) in [6, 6.07) is 13.5. The van der Waals surface area contributed by atoms with Gasteiger partial charge in [-0.05, 0) is 30.7 Å². The maximum atomic E-state index is 12.5. The summed E-state index contributed by atoms with van der Waals surface area (Å²) in [6.45, 7) is 1.99. The lowest BCUT2D eigenvalue weighted by atomic mass is 10.1. The molecular weight excluding hydrogens is 346 g/mol. The first-order valence-corrected chi connectivity index (χ1v) is 8.53. The molecule has 2 aromatic rings. The third-order valence-electron chi connectivity index (χ3n) is 3.40. The molecule has 132 valence electrons. The summed E-state index contributed by atoms with van der Waals surface area (Å²) < 4.78 is 25.1. The highest BCUT2D eigenvalue weighted by Crippen LogP contribution is 2.31. The molecule has 4 nitrogen and oxygen atoms in total. The van der Waals surface area contributed by atoms with E-state index in [-0.39, 0.29) is 24.8 Å². The number of carbonyl (C=O) groups excluding carboxylic acids is 2. The van der Waals surface area contributed by atoms with Crippen molar-refractivity contribution >= 4 is 29.3 Å². The van der Waals surface area contributed by atoms with Crippen LogP contribution in [0.5, 0.6) is 0 Å². The zero-order valence-electron chi connectivity index (χ0n) is 13.6. The average molecular weight is 364 g/mol. The van der Waals surface area contributed by atoms with Gasteiger partial charge in [0, 0.05) is 23.4 Å². The van der Waals surface area contributed by atoms with Crippen molar-refractivity contribution in [2.75, 3.05) is 11.9 Å². The van der Waals surface area contributed by atoms with Crippen molar-refractivity contribution in [1.29, 1.82) is 0 Å². The summed E-state index contributed by atoms with van der Waals surface area (Å²) in [5, 5.41) is 5.27. The van der Waals surface area contributed by atoms with E-state index in [2.05, 4.69) is 10.6 Å². The first-order chi connectivity index (χ1) is 12.0. The molecule has 0 unspecified atom stereocenters. The fourth-order valence-corrected chi connectivity index (χ4v) is 2.79. The van der Waals surface area contributed by atoms with E-state index in [4.69, 9.17) is 0 Å². The summed E-state index contributed by atoms with van der Waals surface area (Å²) in [5.74, 6) is -3.17. The summed E-state index contributed by atoms with van der Waals surface area (Å²) in [6.07, 6.45) is 0.0469. The van der Waals surface area contributed by atoms with Crippen LogP contribution >= 0.6 is 11.8 Å². The van der Waals surface area contributed by atoms with Crippen LogP contribution in [0.4, 0.5) is 14.5 Å². The van der Waals surface area contributed by atoms with Gasteiger partial charge in [0.1, 0.15) is 0 Å². The zero-order valence-corrected chi connectivity index (χ0v) is 14.4. The molecular formula is C18H18F2N2O2S. The average Bonchev–Trinajstić information content (AvgIpc) is 2.56. The van der Waals surface area contributed by atoms with Crippen LogP contribution in [0.25, 0.3) is 0 Å². The molecule has 0 heterocycles. The molecule has 7 heteroatoms. The number of alkyl halides is 2. The van der Waals surface area contributed by atoms with Crippen LogP contribution in [0, 0.1) is 6.92 Å². The Hall–Kier alpha value is -2.41. The van der Waals surface area contributed by atoms with Gasteiger partial charge in [0.15, 0.2) is 0 Å². The van der Waals surface area contributed by atoms with E-state index in [0.29, 0.717) is 27.9 Å². The van der Waals surface area contributed by atoms with E-state index in [9.17, 15) is 18.4 Å². The lowest BCUT2D eigenvalue weighted by Gasteiger charge is -2.11. The Morgan fingerprint density at radius 2 is 1.76 bits per heavy atom. The molecule has 0 spiro atoms. The van der Waals surface area contributed by atoms with Crippen molar-refractivity contribution in [1.82, 2.24) is 5.32 Å². The van der Waals surface area contributed by atoms with Crippen molar-refractivity contribution in [3.8, 4) is 0 Å². The topological polar surface area (TPSA) is 58.2 Å². The molecule has 2 aromatic carbocycles. The predicted molar refractivity (Wildman–Crippen MR) is 95.1 cm³/mol. The molecule has 0 saturated heterocycles. The largest absolute Gasteiger partial charge is 0.352 e. The Balaban J connectivity index is 1.85. The lowest BCUT2D eigenvalue weighted by molar-refractivity contribution is -0.116. The van der Waals surface area contributed by atoms with Gasteiger partial charge >= 0.3 is 0 Å². The predicted octanol–water partition coefficient (Wildman–Crippen LogP) is 4.07. The smallest absolute Gasteiger partial charge is 0.288 e. The van der Waals surface area contributed by atoms with Gasteiger partial charge in [0.2, 0.25) is 5.91 Å². The molecule has 0 saturated carbocycles. The molecule has 25 heavy (non-hydrogen) atoms. The summed E-state index contributed by atoms with van der Waals surface area (Å²) in [5.41, 5.74) is 1.74. The second kappa shape index (κ2) is 9.17. The van der Waals surface area contributed by atoms with Crippen LogP contribution in [0.2, 0.25) is 0 Å². The summed E-state index contributed by atoms with van der Waals surface area (Å²) >= 11 is 0.377. The van der Waals surface area contributed by atoms with Gasteiger partial charge < -0.3 is 10.6 Å². The van der Waals surface area contributed by atoms with Crippen molar-refractivity contribution < 1.29 is 18.4 Å². The molecule has 2 rings (SSSR count). The number of halogens is 2. The number of benzene rings is 2. The van der Waals surface area contributed by atoms with E-state index < -0.39 is 5.76 Å². The summed E-state index contributed by atoms with van der Waals surface area (Å²) in [4.78, 5) is 24.3. The van der Waals surface area contributed by atoms with Crippen molar-refractivity contribution in [3.63, 3.8) is 0 Å². The number of para-hydroxylation sites is 1. The molecule has 2 amide bonds. The van der Waals surface area contributed by atoms with E-state index in [0.717, 1.165) is 5.56 Å². The number of hydrogen-bond acceptors (Lipinski definition) is 3. The standard InChI is InChI=1S/C18H18F2N2O2S/c1-12-6-2-3-7-13(12)17(24)21-11-10-16(23)22-14-8-4-5-9-15(14)25-18(19)20/h2-9,18H,10-11H2,1H3,(H,21,24)(H,22,23). The Morgan fingerprint density at radius 3 is 2.48 bits per heavy atom. The van der Waals surface area contributed by atoms with Crippen LogP contribution in [0.1, 0.15) is 22.3 Å². The summed E-state index contributed by atoms with van der Waals surface area (Å²) in [7, 11) is 0. The second-order valence-corrected chi connectivity index (χ2v) is 6.28. The fraction of sp³-hybridized carbons (Fsp3) is 0.222. The number of hydrogen-bond donors (Lipinski definition) is 2. The number of thioether (sulfide) groups is 1. The Labute approximate surface area is 149 Å². The van der Waals surface area contributed by atoms with Crippen LogP contribution in [-0.4, -0.2) is 24.1 Å². The van der Waals surface area contributed by atoms with E-state index in [1.807, 2.05) is 19.1 Å². The Morgan fingerprint density at radius 1 is 1.08 bits per heavy atom. The molecule has 0 aliphatic heterocycles. The lowest BCUT2D eigenvalue weighted by Crippen LogP contribution is -2.28. The highest BCUT2D eigenvalue weighted by molar-refractivity contribution is 7.99. The fourth-order valence-electron chi connectivity index (χ4n) is 2.19. The molecule has 0 aliphatic rings. The Kier molecular flexibility index (Phi) is 6.94. The van der Waals surface area contributed by atoms with Crippen LogP contribution < -0.4 is 10.6 Å². The van der Waals surface area contributed by atoms with E-state index in [1.165, 1.54) is 6.07 Å². The monoisotopic (exact) mass is 364 g/mol. The van der Waals surface area contributed by atoms with Crippen LogP contribution in [0.3, 0.4) is 0 Å². The van der Waals surface area contributed by atoms with Gasteiger partial charge in [-0.1, -0.05) is 42.1 Å². The van der Waals surface area contributed by atoms with Crippen molar-refractivity contribution in [2.45, 2.75) is 24.0 Å². The number of anilines is 1. The molecule has 0 atom stereocenters. The van der Waals surface area contributed by atoms with Gasteiger partial charge in [0.25, 0.3) is 11.7 Å². The molecule has 2 N–H and O–H groups in total. The highest BCUT2D eigenvalue weighted by Gasteiger charge is 2.12.